The van der Waals surface area contributed by atoms with E-state index in [0.717, 1.165) is 28.3 Å². The Hall–Kier alpha value is -1.09. The van der Waals surface area contributed by atoms with Gasteiger partial charge in [0.25, 0.3) is 0 Å². The number of Topliss-reactive ketones (excluding diaryl/α,β-unsaturated/α-hetero) is 1. The Bertz CT molecular complexity index is 579. The Kier molecular flexibility index (Phi) is 3.25. The summed E-state index contributed by atoms with van der Waals surface area (Å²) in [5.41, 5.74) is 0.775. The summed E-state index contributed by atoms with van der Waals surface area (Å²) in [5.74, 6) is 0.861. The largest absolute Gasteiger partial charge is 0.452 e. The maximum atomic E-state index is 12.4. The Balaban J connectivity index is 1.94. The first-order valence-electron chi connectivity index (χ1n) is 6.48. The number of benzene rings is 1. The average molecular weight is 307 g/mol. The van der Waals surface area contributed by atoms with Gasteiger partial charge in [-0.1, -0.05) is 31.4 Å². The second-order valence-corrected chi connectivity index (χ2v) is 5.82. The predicted octanol–water partition coefficient (Wildman–Crippen LogP) is 4.96. The lowest BCUT2D eigenvalue weighted by atomic mass is 9.85. The summed E-state index contributed by atoms with van der Waals surface area (Å²) in [6.45, 7) is 0. The highest BCUT2D eigenvalue weighted by atomic mass is 79.9. The minimum Gasteiger partial charge on any atom is -0.452 e. The van der Waals surface area contributed by atoms with Gasteiger partial charge in [-0.2, -0.15) is 0 Å². The smallest absolute Gasteiger partial charge is 0.201 e. The first kappa shape index (κ1) is 12.0. The number of hydrogen-bond acceptors (Lipinski definition) is 2. The molecular formula is C15H15BrO2. The molecule has 2 aromatic rings. The molecule has 0 spiro atoms. The van der Waals surface area contributed by atoms with Gasteiger partial charge in [0.15, 0.2) is 5.76 Å². The fraction of sp³-hybridized carbons (Fsp3) is 0.400. The van der Waals surface area contributed by atoms with Crippen molar-refractivity contribution >= 4 is 32.7 Å². The van der Waals surface area contributed by atoms with E-state index in [4.69, 9.17) is 4.42 Å². The van der Waals surface area contributed by atoms with Crippen LogP contribution in [0.25, 0.3) is 11.0 Å². The first-order chi connectivity index (χ1) is 8.75. The highest BCUT2D eigenvalue weighted by Crippen LogP contribution is 2.31. The van der Waals surface area contributed by atoms with E-state index in [0.29, 0.717) is 5.76 Å². The second kappa shape index (κ2) is 4.88. The number of halogens is 1. The molecule has 1 aromatic heterocycles. The third-order valence-electron chi connectivity index (χ3n) is 3.71. The SMILES string of the molecule is O=C(c1cc2cccc(Br)c2o1)C1CCCCC1. The number of fused-ring (bicyclic) bond motifs is 1. The van der Waals surface area contributed by atoms with Crippen LogP contribution >= 0.6 is 15.9 Å². The zero-order valence-electron chi connectivity index (χ0n) is 10.1. The van der Waals surface area contributed by atoms with Crippen molar-refractivity contribution in [2.75, 3.05) is 0 Å². The van der Waals surface area contributed by atoms with Gasteiger partial charge in [0.05, 0.1) is 4.47 Å². The van der Waals surface area contributed by atoms with E-state index in [9.17, 15) is 4.79 Å². The average Bonchev–Trinajstić information content (AvgIpc) is 2.84. The number of para-hydroxylation sites is 1. The maximum Gasteiger partial charge on any atom is 0.201 e. The topological polar surface area (TPSA) is 30.2 Å². The van der Waals surface area contributed by atoms with E-state index in [2.05, 4.69) is 15.9 Å². The molecule has 1 aromatic carbocycles. The molecule has 0 saturated heterocycles. The highest BCUT2D eigenvalue weighted by molar-refractivity contribution is 9.10. The molecule has 3 rings (SSSR count). The van der Waals surface area contributed by atoms with Crippen molar-refractivity contribution in [3.63, 3.8) is 0 Å². The maximum absolute atomic E-state index is 12.4. The van der Waals surface area contributed by atoms with E-state index in [1.54, 1.807) is 0 Å². The number of hydrogen-bond donors (Lipinski definition) is 0. The van der Waals surface area contributed by atoms with Crippen LogP contribution in [0, 0.1) is 5.92 Å². The van der Waals surface area contributed by atoms with Crippen LogP contribution in [0.1, 0.15) is 42.7 Å². The van der Waals surface area contributed by atoms with Gasteiger partial charge in [0.1, 0.15) is 5.58 Å². The summed E-state index contributed by atoms with van der Waals surface area (Å²) in [6, 6.07) is 7.73. The van der Waals surface area contributed by atoms with Crippen molar-refractivity contribution in [1.29, 1.82) is 0 Å². The molecule has 1 saturated carbocycles. The van der Waals surface area contributed by atoms with E-state index in [1.807, 2.05) is 24.3 Å². The van der Waals surface area contributed by atoms with Crippen LogP contribution in [0.15, 0.2) is 33.2 Å². The van der Waals surface area contributed by atoms with Gasteiger partial charge < -0.3 is 4.42 Å². The fourth-order valence-corrected chi connectivity index (χ4v) is 3.18. The number of carbonyl (C=O) groups is 1. The van der Waals surface area contributed by atoms with Gasteiger partial charge >= 0.3 is 0 Å². The lowest BCUT2D eigenvalue weighted by molar-refractivity contribution is 0.0863. The summed E-state index contributed by atoms with van der Waals surface area (Å²) >= 11 is 3.45. The van der Waals surface area contributed by atoms with Crippen LogP contribution < -0.4 is 0 Å². The van der Waals surface area contributed by atoms with Crippen molar-refractivity contribution in [1.82, 2.24) is 0 Å². The van der Waals surface area contributed by atoms with Gasteiger partial charge in [-0.25, -0.2) is 0 Å². The molecule has 1 fully saturated rings. The molecule has 3 heteroatoms. The molecule has 1 aliphatic rings. The molecular weight excluding hydrogens is 292 g/mol. The van der Waals surface area contributed by atoms with Crippen LogP contribution in [0.2, 0.25) is 0 Å². The summed E-state index contributed by atoms with van der Waals surface area (Å²) < 4.78 is 6.62. The zero-order valence-corrected chi connectivity index (χ0v) is 11.7. The fourth-order valence-electron chi connectivity index (χ4n) is 2.71. The van der Waals surface area contributed by atoms with E-state index in [1.165, 1.54) is 19.3 Å². The van der Waals surface area contributed by atoms with Crippen LogP contribution in [0.3, 0.4) is 0 Å². The molecule has 0 N–H and O–H groups in total. The summed E-state index contributed by atoms with van der Waals surface area (Å²) in [4.78, 5) is 12.4. The van der Waals surface area contributed by atoms with Crippen molar-refractivity contribution < 1.29 is 9.21 Å². The molecule has 0 bridgehead atoms. The summed E-state index contributed by atoms with van der Waals surface area (Å²) in [5, 5.41) is 0.989. The third-order valence-corrected chi connectivity index (χ3v) is 4.34. The lowest BCUT2D eigenvalue weighted by Gasteiger charge is -2.18. The molecule has 0 unspecified atom stereocenters. The quantitative estimate of drug-likeness (QED) is 0.734. The monoisotopic (exact) mass is 306 g/mol. The van der Waals surface area contributed by atoms with Crippen molar-refractivity contribution in [2.45, 2.75) is 32.1 Å². The van der Waals surface area contributed by atoms with Crippen molar-refractivity contribution in [3.8, 4) is 0 Å². The highest BCUT2D eigenvalue weighted by Gasteiger charge is 2.25. The minimum atomic E-state index is 0.165. The molecule has 1 aliphatic carbocycles. The van der Waals surface area contributed by atoms with Crippen LogP contribution in [0.4, 0.5) is 0 Å². The molecule has 0 radical (unpaired) electrons. The van der Waals surface area contributed by atoms with E-state index < -0.39 is 0 Å². The number of ketones is 1. The first-order valence-corrected chi connectivity index (χ1v) is 7.27. The van der Waals surface area contributed by atoms with Crippen molar-refractivity contribution in [2.24, 2.45) is 5.92 Å². The number of rotatable bonds is 2. The Morgan fingerprint density at radius 3 is 2.72 bits per heavy atom. The Morgan fingerprint density at radius 2 is 2.00 bits per heavy atom. The molecule has 0 atom stereocenters. The molecule has 1 heterocycles. The summed E-state index contributed by atoms with van der Waals surface area (Å²) in [6.07, 6.45) is 5.62. The number of furan rings is 1. The van der Waals surface area contributed by atoms with Crippen molar-refractivity contribution in [3.05, 3.63) is 34.5 Å². The Labute approximate surface area is 114 Å². The standard InChI is InChI=1S/C15H15BrO2/c16-12-8-4-7-11-9-13(18-15(11)12)14(17)10-5-2-1-3-6-10/h4,7-10H,1-3,5-6H2. The zero-order chi connectivity index (χ0) is 12.5. The molecule has 0 amide bonds. The molecule has 94 valence electrons. The van der Waals surface area contributed by atoms with Gasteiger partial charge in [-0.05, 0) is 40.9 Å². The third kappa shape index (κ3) is 2.12. The van der Waals surface area contributed by atoms with Gasteiger partial charge in [-0.15, -0.1) is 0 Å². The lowest BCUT2D eigenvalue weighted by Crippen LogP contribution is -2.17. The van der Waals surface area contributed by atoms with E-state index in [-0.39, 0.29) is 11.7 Å². The normalized spacial score (nSPS) is 17.2. The van der Waals surface area contributed by atoms with Crippen LogP contribution in [-0.4, -0.2) is 5.78 Å². The summed E-state index contributed by atoms with van der Waals surface area (Å²) in [7, 11) is 0. The van der Waals surface area contributed by atoms with E-state index >= 15 is 0 Å². The molecule has 2 nitrogen and oxygen atoms in total. The van der Waals surface area contributed by atoms with Gasteiger partial charge in [-0.3, -0.25) is 4.79 Å². The molecule has 0 aliphatic heterocycles. The van der Waals surface area contributed by atoms with Gasteiger partial charge in [0.2, 0.25) is 5.78 Å². The second-order valence-electron chi connectivity index (χ2n) is 4.97. The van der Waals surface area contributed by atoms with Gasteiger partial charge in [0, 0.05) is 11.3 Å². The predicted molar refractivity (Wildman–Crippen MR) is 74.8 cm³/mol. The number of carbonyl (C=O) groups excluding carboxylic acids is 1. The molecule has 18 heavy (non-hydrogen) atoms. The Morgan fingerprint density at radius 1 is 1.22 bits per heavy atom. The minimum absolute atomic E-state index is 0.165. The van der Waals surface area contributed by atoms with Crippen LogP contribution in [0.5, 0.6) is 0 Å². The van der Waals surface area contributed by atoms with Crippen LogP contribution in [-0.2, 0) is 0 Å².